The number of aryl methyl sites for hydroxylation is 1. The van der Waals surface area contributed by atoms with Crippen molar-refractivity contribution in [2.45, 2.75) is 97.3 Å². The van der Waals surface area contributed by atoms with Gasteiger partial charge in [-0.3, -0.25) is 4.79 Å². The maximum Gasteiger partial charge on any atom is 0.314 e. The van der Waals surface area contributed by atoms with E-state index in [9.17, 15) is 4.79 Å². The molecule has 1 saturated carbocycles. The monoisotopic (exact) mass is 426 g/mol. The fourth-order valence-electron chi connectivity index (χ4n) is 4.49. The summed E-state index contributed by atoms with van der Waals surface area (Å²) in [6.45, 7) is 4.46. The highest BCUT2D eigenvalue weighted by Gasteiger charge is 2.27. The topological polar surface area (TPSA) is 65.2 Å². The van der Waals surface area contributed by atoms with Crippen LogP contribution in [0.15, 0.2) is 28.7 Å². The van der Waals surface area contributed by atoms with Gasteiger partial charge in [0.2, 0.25) is 11.8 Å². The number of hydrogen-bond donors (Lipinski definition) is 0. The lowest BCUT2D eigenvalue weighted by molar-refractivity contribution is -0.140. The van der Waals surface area contributed by atoms with Crippen LogP contribution in [0.4, 0.5) is 0 Å². The minimum atomic E-state index is -0.0956. The average Bonchev–Trinajstić information content (AvgIpc) is 3.26. The Morgan fingerprint density at radius 2 is 1.65 bits per heavy atom. The van der Waals surface area contributed by atoms with Gasteiger partial charge in [0.1, 0.15) is 5.75 Å². The van der Waals surface area contributed by atoms with Gasteiger partial charge in [-0.15, -0.1) is 10.2 Å². The number of esters is 1. The summed E-state index contributed by atoms with van der Waals surface area (Å²) in [6, 6.07) is 7.38. The van der Waals surface area contributed by atoms with Crippen molar-refractivity contribution in [3.05, 3.63) is 30.2 Å². The SMILES string of the molecule is CCCCCCCCc1nnc(-c2ccc(OC(=O)[C@H]3CC[C@H](CCC)CC3)cc2)o1. The summed E-state index contributed by atoms with van der Waals surface area (Å²) in [5, 5.41) is 8.35. The largest absolute Gasteiger partial charge is 0.426 e. The molecule has 0 saturated heterocycles. The Hall–Kier alpha value is -2.17. The van der Waals surface area contributed by atoms with Gasteiger partial charge >= 0.3 is 5.97 Å². The molecule has 170 valence electrons. The van der Waals surface area contributed by atoms with Crippen molar-refractivity contribution in [3.63, 3.8) is 0 Å². The van der Waals surface area contributed by atoms with Crippen LogP contribution in [-0.4, -0.2) is 16.2 Å². The summed E-state index contributed by atoms with van der Waals surface area (Å²) in [6.07, 6.45) is 15.0. The molecule has 1 aromatic carbocycles. The number of rotatable bonds is 12. The molecule has 0 amide bonds. The fraction of sp³-hybridized carbons (Fsp3) is 0.654. The molecule has 0 bridgehead atoms. The van der Waals surface area contributed by atoms with E-state index in [2.05, 4.69) is 24.0 Å². The zero-order chi connectivity index (χ0) is 21.9. The van der Waals surface area contributed by atoms with E-state index in [0.29, 0.717) is 17.5 Å². The molecule has 3 rings (SSSR count). The van der Waals surface area contributed by atoms with E-state index >= 15 is 0 Å². The van der Waals surface area contributed by atoms with Crippen molar-refractivity contribution >= 4 is 5.97 Å². The predicted molar refractivity (Wildman–Crippen MR) is 123 cm³/mol. The number of nitrogens with zero attached hydrogens (tertiary/aromatic N) is 2. The van der Waals surface area contributed by atoms with E-state index in [-0.39, 0.29) is 11.9 Å². The number of hydrogen-bond acceptors (Lipinski definition) is 5. The summed E-state index contributed by atoms with van der Waals surface area (Å²) >= 11 is 0. The number of carbonyl (C=O) groups excluding carboxylic acids is 1. The molecule has 5 heteroatoms. The molecule has 0 N–H and O–H groups in total. The minimum Gasteiger partial charge on any atom is -0.426 e. The van der Waals surface area contributed by atoms with Crippen LogP contribution in [0.1, 0.15) is 96.8 Å². The number of ether oxygens (including phenoxy) is 1. The van der Waals surface area contributed by atoms with Crippen LogP contribution >= 0.6 is 0 Å². The van der Waals surface area contributed by atoms with Crippen molar-refractivity contribution in [2.24, 2.45) is 11.8 Å². The van der Waals surface area contributed by atoms with E-state index in [1.807, 2.05) is 24.3 Å². The number of carbonyl (C=O) groups is 1. The van der Waals surface area contributed by atoms with Crippen LogP contribution in [0.3, 0.4) is 0 Å². The molecule has 0 spiro atoms. The normalized spacial score (nSPS) is 18.8. The first-order chi connectivity index (χ1) is 15.2. The quantitative estimate of drug-likeness (QED) is 0.205. The molecule has 1 aliphatic rings. The van der Waals surface area contributed by atoms with Crippen LogP contribution in [0.25, 0.3) is 11.5 Å². The lowest BCUT2D eigenvalue weighted by Crippen LogP contribution is -2.25. The first-order valence-electron chi connectivity index (χ1n) is 12.3. The van der Waals surface area contributed by atoms with Gasteiger partial charge in [0.25, 0.3) is 0 Å². The third-order valence-electron chi connectivity index (χ3n) is 6.41. The lowest BCUT2D eigenvalue weighted by Gasteiger charge is -2.26. The lowest BCUT2D eigenvalue weighted by atomic mass is 9.80. The molecular formula is C26H38N2O3. The first-order valence-corrected chi connectivity index (χ1v) is 12.3. The molecule has 1 aromatic heterocycles. The Kier molecular flexibility index (Phi) is 9.57. The molecule has 1 heterocycles. The van der Waals surface area contributed by atoms with E-state index in [4.69, 9.17) is 9.15 Å². The number of unbranched alkanes of at least 4 members (excludes halogenated alkanes) is 5. The van der Waals surface area contributed by atoms with Gasteiger partial charge in [0.05, 0.1) is 5.92 Å². The smallest absolute Gasteiger partial charge is 0.314 e. The van der Waals surface area contributed by atoms with Crippen LogP contribution in [-0.2, 0) is 11.2 Å². The molecule has 0 unspecified atom stereocenters. The number of aromatic nitrogens is 2. The molecular weight excluding hydrogens is 388 g/mol. The standard InChI is InChI=1S/C26H38N2O3/c1-3-5-6-7-8-9-11-24-27-28-25(31-24)21-16-18-23(19-17-21)30-26(29)22-14-12-20(10-4-2)13-15-22/h16-20,22H,3-15H2,1-2H3/t20-,22-. The molecule has 2 aromatic rings. The van der Waals surface area contributed by atoms with E-state index in [1.54, 1.807) is 0 Å². The molecule has 0 radical (unpaired) electrons. The van der Waals surface area contributed by atoms with Gasteiger partial charge in [-0.25, -0.2) is 0 Å². The van der Waals surface area contributed by atoms with Crippen LogP contribution < -0.4 is 4.74 Å². The predicted octanol–water partition coefficient (Wildman–Crippen LogP) is 7.15. The summed E-state index contributed by atoms with van der Waals surface area (Å²) in [4.78, 5) is 12.5. The first kappa shape index (κ1) is 23.5. The van der Waals surface area contributed by atoms with Gasteiger partial charge in [-0.1, -0.05) is 58.8 Å². The van der Waals surface area contributed by atoms with E-state index < -0.39 is 0 Å². The van der Waals surface area contributed by atoms with Crippen molar-refractivity contribution < 1.29 is 13.9 Å². The second-order valence-electron chi connectivity index (χ2n) is 8.97. The third kappa shape index (κ3) is 7.48. The molecule has 31 heavy (non-hydrogen) atoms. The molecule has 0 atom stereocenters. The molecule has 1 fully saturated rings. The molecule has 1 aliphatic carbocycles. The Balaban J connectivity index is 1.44. The second kappa shape index (κ2) is 12.6. The van der Waals surface area contributed by atoms with Gasteiger partial charge in [-0.2, -0.15) is 0 Å². The summed E-state index contributed by atoms with van der Waals surface area (Å²) in [5.74, 6) is 2.52. The van der Waals surface area contributed by atoms with Gasteiger partial charge in [0.15, 0.2) is 0 Å². The molecule has 5 nitrogen and oxygen atoms in total. The van der Waals surface area contributed by atoms with E-state index in [1.165, 1.54) is 44.9 Å². The Labute approximate surface area is 187 Å². The highest BCUT2D eigenvalue weighted by Crippen LogP contribution is 2.32. The van der Waals surface area contributed by atoms with Crippen LogP contribution in [0, 0.1) is 11.8 Å². The zero-order valence-electron chi connectivity index (χ0n) is 19.3. The van der Waals surface area contributed by atoms with Crippen LogP contribution in [0.5, 0.6) is 5.75 Å². The van der Waals surface area contributed by atoms with Crippen molar-refractivity contribution in [1.29, 1.82) is 0 Å². The van der Waals surface area contributed by atoms with Crippen molar-refractivity contribution in [3.8, 4) is 17.2 Å². The number of benzene rings is 1. The molecule has 0 aliphatic heterocycles. The summed E-state index contributed by atoms with van der Waals surface area (Å²) < 4.78 is 11.4. The maximum atomic E-state index is 12.5. The third-order valence-corrected chi connectivity index (χ3v) is 6.41. The highest BCUT2D eigenvalue weighted by molar-refractivity contribution is 5.75. The zero-order valence-corrected chi connectivity index (χ0v) is 19.3. The Bertz CT molecular complexity index is 776. The van der Waals surface area contributed by atoms with Crippen molar-refractivity contribution in [2.75, 3.05) is 0 Å². The minimum absolute atomic E-state index is 0.0354. The second-order valence-corrected chi connectivity index (χ2v) is 8.97. The maximum absolute atomic E-state index is 12.5. The fourth-order valence-corrected chi connectivity index (χ4v) is 4.49. The van der Waals surface area contributed by atoms with Gasteiger partial charge < -0.3 is 9.15 Å². The summed E-state index contributed by atoms with van der Waals surface area (Å²) in [5.41, 5.74) is 0.849. The average molecular weight is 427 g/mol. The van der Waals surface area contributed by atoms with Gasteiger partial charge in [-0.05, 0) is 62.3 Å². The highest BCUT2D eigenvalue weighted by atomic mass is 16.5. The van der Waals surface area contributed by atoms with Crippen molar-refractivity contribution in [1.82, 2.24) is 10.2 Å². The van der Waals surface area contributed by atoms with Gasteiger partial charge in [0, 0.05) is 12.0 Å². The Morgan fingerprint density at radius 3 is 2.35 bits per heavy atom. The van der Waals surface area contributed by atoms with E-state index in [0.717, 1.165) is 50.0 Å². The summed E-state index contributed by atoms with van der Waals surface area (Å²) in [7, 11) is 0. The van der Waals surface area contributed by atoms with Crippen LogP contribution in [0.2, 0.25) is 0 Å². The Morgan fingerprint density at radius 1 is 0.935 bits per heavy atom.